The van der Waals surface area contributed by atoms with Gasteiger partial charge in [0.05, 0.1) is 11.4 Å². The van der Waals surface area contributed by atoms with Gasteiger partial charge in [0.15, 0.2) is 0 Å². The van der Waals surface area contributed by atoms with Gasteiger partial charge in [-0.2, -0.15) is 16.9 Å². The van der Waals surface area contributed by atoms with Crippen molar-refractivity contribution in [1.82, 2.24) is 9.78 Å². The number of aromatic nitrogens is 2. The number of hydrogen-bond acceptors (Lipinski definition) is 3. The Kier molecular flexibility index (Phi) is 4.18. The van der Waals surface area contributed by atoms with Crippen molar-refractivity contribution in [3.8, 4) is 5.69 Å². The minimum absolute atomic E-state index is 0.287. The van der Waals surface area contributed by atoms with Gasteiger partial charge in [0.25, 0.3) is 0 Å². The fourth-order valence-corrected chi connectivity index (χ4v) is 4.38. The number of anilines is 1. The van der Waals surface area contributed by atoms with Crippen LogP contribution in [-0.4, -0.2) is 27.3 Å². The van der Waals surface area contributed by atoms with Crippen LogP contribution in [0.15, 0.2) is 36.7 Å². The quantitative estimate of drug-likeness (QED) is 0.904. The van der Waals surface area contributed by atoms with Crippen molar-refractivity contribution >= 4 is 29.1 Å². The fraction of sp³-hybridized carbons (Fsp3) is 0.438. The normalized spacial score (nSPS) is 21.2. The van der Waals surface area contributed by atoms with Crippen LogP contribution >= 0.6 is 23.4 Å². The van der Waals surface area contributed by atoms with Crippen LogP contribution in [-0.2, 0) is 0 Å². The van der Waals surface area contributed by atoms with Crippen molar-refractivity contribution in [2.75, 3.05) is 16.8 Å². The second-order valence-corrected chi connectivity index (χ2v) is 7.71. The van der Waals surface area contributed by atoms with Gasteiger partial charge in [-0.25, -0.2) is 4.68 Å². The maximum Gasteiger partial charge on any atom is 0.0877 e. The molecule has 2 aromatic rings. The van der Waals surface area contributed by atoms with Crippen LogP contribution in [0.25, 0.3) is 5.69 Å². The summed E-state index contributed by atoms with van der Waals surface area (Å²) in [5.41, 5.74) is 2.37. The van der Waals surface area contributed by atoms with E-state index in [0.29, 0.717) is 6.04 Å². The van der Waals surface area contributed by atoms with Crippen LogP contribution in [0.1, 0.15) is 20.3 Å². The Bertz CT molecular complexity index is 610. The lowest BCUT2D eigenvalue weighted by molar-refractivity contribution is 0.305. The third kappa shape index (κ3) is 3.22. The standard InChI is InChI=1S/C16H20ClN3S/c1-16(2)6-9-21-11-15(16)19-13-10-12(17)4-5-14(13)20-8-3-7-18-20/h3-5,7-8,10,15,19H,6,9,11H2,1-2H3. The third-order valence-corrected chi connectivity index (χ3v) is 5.46. The average molecular weight is 322 g/mol. The Morgan fingerprint density at radius 1 is 1.43 bits per heavy atom. The number of rotatable bonds is 3. The zero-order valence-corrected chi connectivity index (χ0v) is 13.9. The van der Waals surface area contributed by atoms with Gasteiger partial charge in [-0.15, -0.1) is 0 Å². The van der Waals surface area contributed by atoms with Gasteiger partial charge in [0.2, 0.25) is 0 Å². The maximum absolute atomic E-state index is 6.19. The summed E-state index contributed by atoms with van der Waals surface area (Å²) in [6.07, 6.45) is 4.97. The van der Waals surface area contributed by atoms with Gasteiger partial charge in [-0.05, 0) is 41.9 Å². The van der Waals surface area contributed by atoms with Gasteiger partial charge in [0, 0.05) is 29.2 Å². The molecule has 1 aromatic heterocycles. The van der Waals surface area contributed by atoms with Crippen molar-refractivity contribution in [2.45, 2.75) is 26.3 Å². The molecule has 1 fully saturated rings. The minimum atomic E-state index is 0.287. The van der Waals surface area contributed by atoms with E-state index in [2.05, 4.69) is 24.3 Å². The highest BCUT2D eigenvalue weighted by atomic mass is 35.5. The second-order valence-electron chi connectivity index (χ2n) is 6.12. The Morgan fingerprint density at radius 3 is 3.00 bits per heavy atom. The summed E-state index contributed by atoms with van der Waals surface area (Å²) in [7, 11) is 0. The molecule has 0 radical (unpaired) electrons. The summed E-state index contributed by atoms with van der Waals surface area (Å²) in [5, 5.41) is 8.78. The van der Waals surface area contributed by atoms with E-state index in [1.165, 1.54) is 12.2 Å². The summed E-state index contributed by atoms with van der Waals surface area (Å²) in [6, 6.07) is 8.28. The van der Waals surface area contributed by atoms with Crippen molar-refractivity contribution in [3.05, 3.63) is 41.7 Å². The summed E-state index contributed by atoms with van der Waals surface area (Å²) in [4.78, 5) is 0. The molecule has 1 aliphatic heterocycles. The van der Waals surface area contributed by atoms with Gasteiger partial charge < -0.3 is 5.32 Å². The summed E-state index contributed by atoms with van der Waals surface area (Å²) in [6.45, 7) is 4.67. The van der Waals surface area contributed by atoms with E-state index in [0.717, 1.165) is 22.2 Å². The number of nitrogens with one attached hydrogen (secondary N) is 1. The first kappa shape index (κ1) is 14.8. The number of hydrogen-bond donors (Lipinski definition) is 1. The van der Waals surface area contributed by atoms with Crippen molar-refractivity contribution < 1.29 is 0 Å². The third-order valence-electron chi connectivity index (χ3n) is 4.16. The molecule has 112 valence electrons. The Morgan fingerprint density at radius 2 is 2.29 bits per heavy atom. The number of benzene rings is 1. The second kappa shape index (κ2) is 5.93. The monoisotopic (exact) mass is 321 g/mol. The van der Waals surface area contributed by atoms with Crippen LogP contribution in [0.5, 0.6) is 0 Å². The average Bonchev–Trinajstić information content (AvgIpc) is 2.95. The van der Waals surface area contributed by atoms with Crippen molar-refractivity contribution in [3.63, 3.8) is 0 Å². The van der Waals surface area contributed by atoms with Gasteiger partial charge >= 0.3 is 0 Å². The zero-order valence-electron chi connectivity index (χ0n) is 12.3. The van der Waals surface area contributed by atoms with Crippen molar-refractivity contribution in [1.29, 1.82) is 0 Å². The highest BCUT2D eigenvalue weighted by Gasteiger charge is 2.33. The summed E-state index contributed by atoms with van der Waals surface area (Å²) in [5.74, 6) is 2.37. The number of thioether (sulfide) groups is 1. The minimum Gasteiger partial charge on any atom is -0.379 e. The molecular formula is C16H20ClN3S. The van der Waals surface area contributed by atoms with E-state index in [4.69, 9.17) is 11.6 Å². The first-order chi connectivity index (χ1) is 10.1. The molecule has 0 amide bonds. The van der Waals surface area contributed by atoms with E-state index in [-0.39, 0.29) is 5.41 Å². The predicted molar refractivity (Wildman–Crippen MR) is 91.7 cm³/mol. The summed E-state index contributed by atoms with van der Waals surface area (Å²) < 4.78 is 1.88. The molecule has 1 aliphatic rings. The molecule has 1 N–H and O–H groups in total. The van der Waals surface area contributed by atoms with Crippen LogP contribution in [0, 0.1) is 5.41 Å². The summed E-state index contributed by atoms with van der Waals surface area (Å²) >= 11 is 8.21. The lowest BCUT2D eigenvalue weighted by atomic mass is 9.82. The lowest BCUT2D eigenvalue weighted by Crippen LogP contribution is -2.41. The van der Waals surface area contributed by atoms with E-state index < -0.39 is 0 Å². The topological polar surface area (TPSA) is 29.9 Å². The Hall–Kier alpha value is -1.13. The highest BCUT2D eigenvalue weighted by Crippen LogP contribution is 2.37. The molecule has 1 atom stereocenters. The molecule has 1 aromatic carbocycles. The molecule has 3 nitrogen and oxygen atoms in total. The van der Waals surface area contributed by atoms with Crippen LogP contribution in [0.4, 0.5) is 5.69 Å². The molecule has 21 heavy (non-hydrogen) atoms. The zero-order chi connectivity index (χ0) is 14.9. The van der Waals surface area contributed by atoms with E-state index in [9.17, 15) is 0 Å². The smallest absolute Gasteiger partial charge is 0.0877 e. The van der Waals surface area contributed by atoms with E-state index >= 15 is 0 Å². The molecule has 0 saturated carbocycles. The molecule has 5 heteroatoms. The SMILES string of the molecule is CC1(C)CCSCC1Nc1cc(Cl)ccc1-n1cccn1. The lowest BCUT2D eigenvalue weighted by Gasteiger charge is -2.39. The van der Waals surface area contributed by atoms with E-state index in [1.54, 1.807) is 6.20 Å². The van der Waals surface area contributed by atoms with Crippen LogP contribution in [0.3, 0.4) is 0 Å². The highest BCUT2D eigenvalue weighted by molar-refractivity contribution is 7.99. The molecular weight excluding hydrogens is 302 g/mol. The molecule has 3 rings (SSSR count). The molecule has 1 saturated heterocycles. The van der Waals surface area contributed by atoms with Crippen molar-refractivity contribution in [2.24, 2.45) is 5.41 Å². The first-order valence-electron chi connectivity index (χ1n) is 7.20. The fourth-order valence-electron chi connectivity index (χ4n) is 2.60. The molecule has 0 spiro atoms. The number of nitrogens with zero attached hydrogens (tertiary/aromatic N) is 2. The maximum atomic E-state index is 6.19. The Balaban J connectivity index is 1.92. The molecule has 0 aliphatic carbocycles. The predicted octanol–water partition coefficient (Wildman–Crippen LogP) is 4.47. The molecule has 1 unspecified atom stereocenters. The largest absolute Gasteiger partial charge is 0.379 e. The van der Waals surface area contributed by atoms with Gasteiger partial charge in [0.1, 0.15) is 0 Å². The van der Waals surface area contributed by atoms with Crippen LogP contribution in [0.2, 0.25) is 5.02 Å². The van der Waals surface area contributed by atoms with Crippen LogP contribution < -0.4 is 5.32 Å². The Labute approximate surface area is 135 Å². The van der Waals surface area contributed by atoms with Gasteiger partial charge in [-0.3, -0.25) is 0 Å². The molecule has 2 heterocycles. The van der Waals surface area contributed by atoms with Gasteiger partial charge in [-0.1, -0.05) is 25.4 Å². The first-order valence-corrected chi connectivity index (χ1v) is 8.73. The van der Waals surface area contributed by atoms with E-state index in [1.807, 2.05) is 46.9 Å². The molecule has 0 bridgehead atoms. The number of halogens is 1.